The number of nitro groups is 1. The van der Waals surface area contributed by atoms with Crippen LogP contribution in [0.1, 0.15) is 18.7 Å². The van der Waals surface area contributed by atoms with Crippen molar-refractivity contribution < 1.29 is 13.3 Å². The van der Waals surface area contributed by atoms with Gasteiger partial charge in [0.2, 0.25) is 10.0 Å². The van der Waals surface area contributed by atoms with Crippen molar-refractivity contribution in [1.82, 2.24) is 13.9 Å². The molecule has 1 aliphatic heterocycles. The number of hydrogen-bond acceptors (Lipinski definition) is 5. The first-order valence-electron chi connectivity index (χ1n) is 9.53. The number of imidazole rings is 1. The van der Waals surface area contributed by atoms with Crippen LogP contribution in [-0.2, 0) is 16.6 Å². The lowest BCUT2D eigenvalue weighted by atomic mass is 9.98. The molecule has 2 heterocycles. The van der Waals surface area contributed by atoms with E-state index in [4.69, 9.17) is 0 Å². The predicted molar refractivity (Wildman–Crippen MR) is 109 cm³/mol. The minimum Gasteiger partial charge on any atom is -0.328 e. The molecule has 1 aliphatic rings. The van der Waals surface area contributed by atoms with E-state index in [9.17, 15) is 18.5 Å². The summed E-state index contributed by atoms with van der Waals surface area (Å²) in [5, 5.41) is 11.2. The molecule has 1 fully saturated rings. The zero-order valence-electron chi connectivity index (χ0n) is 16.1. The van der Waals surface area contributed by atoms with Gasteiger partial charge in [-0.3, -0.25) is 10.1 Å². The van der Waals surface area contributed by atoms with Crippen molar-refractivity contribution in [2.24, 2.45) is 5.92 Å². The molecule has 0 N–H and O–H groups in total. The summed E-state index contributed by atoms with van der Waals surface area (Å²) in [6.07, 6.45) is 1.40. The van der Waals surface area contributed by atoms with E-state index in [1.807, 2.05) is 31.2 Å². The topological polar surface area (TPSA) is 98.3 Å². The molecule has 0 amide bonds. The highest BCUT2D eigenvalue weighted by atomic mass is 32.2. The molecule has 0 bridgehead atoms. The van der Waals surface area contributed by atoms with E-state index in [2.05, 4.69) is 9.55 Å². The molecular weight excluding hydrogens is 392 g/mol. The summed E-state index contributed by atoms with van der Waals surface area (Å²) in [4.78, 5) is 14.9. The molecular formula is C20H22N4O4S. The van der Waals surface area contributed by atoms with Gasteiger partial charge in [-0.25, -0.2) is 13.4 Å². The molecule has 0 unspecified atom stereocenters. The fraction of sp³-hybridized carbons (Fsp3) is 0.350. The number of fused-ring (bicyclic) bond motifs is 1. The fourth-order valence-electron chi connectivity index (χ4n) is 3.98. The Labute approximate surface area is 169 Å². The molecule has 1 saturated heterocycles. The fourth-order valence-corrected chi connectivity index (χ4v) is 5.61. The van der Waals surface area contributed by atoms with Gasteiger partial charge < -0.3 is 4.57 Å². The van der Waals surface area contributed by atoms with Crippen LogP contribution in [0.3, 0.4) is 0 Å². The van der Waals surface area contributed by atoms with E-state index in [0.29, 0.717) is 31.8 Å². The molecule has 1 aromatic heterocycles. The number of aromatic nitrogens is 2. The molecule has 0 saturated carbocycles. The van der Waals surface area contributed by atoms with Crippen LogP contribution >= 0.6 is 0 Å². The maximum Gasteiger partial charge on any atom is 0.289 e. The third kappa shape index (κ3) is 3.63. The number of piperidine rings is 1. The first-order chi connectivity index (χ1) is 13.9. The van der Waals surface area contributed by atoms with Crippen molar-refractivity contribution in [2.45, 2.75) is 31.2 Å². The van der Waals surface area contributed by atoms with Crippen LogP contribution in [0.15, 0.2) is 53.4 Å². The summed E-state index contributed by atoms with van der Waals surface area (Å²) < 4.78 is 29.5. The quantitative estimate of drug-likeness (QED) is 0.471. The van der Waals surface area contributed by atoms with Gasteiger partial charge in [-0.2, -0.15) is 4.31 Å². The van der Waals surface area contributed by atoms with Gasteiger partial charge in [0, 0.05) is 25.7 Å². The molecule has 0 spiro atoms. The molecule has 3 aromatic rings. The average molecular weight is 414 g/mol. The Morgan fingerprint density at radius 1 is 1.10 bits per heavy atom. The number of para-hydroxylation sites is 3. The maximum atomic E-state index is 13.0. The molecule has 0 atom stereocenters. The highest BCUT2D eigenvalue weighted by Gasteiger charge is 2.34. The van der Waals surface area contributed by atoms with Crippen molar-refractivity contribution in [2.75, 3.05) is 13.1 Å². The van der Waals surface area contributed by atoms with Gasteiger partial charge >= 0.3 is 0 Å². The van der Waals surface area contributed by atoms with Gasteiger partial charge in [-0.05, 0) is 43.9 Å². The van der Waals surface area contributed by atoms with E-state index < -0.39 is 14.9 Å². The Balaban J connectivity index is 1.50. The van der Waals surface area contributed by atoms with Gasteiger partial charge in [0.15, 0.2) is 4.90 Å². The number of rotatable bonds is 5. The Kier molecular flexibility index (Phi) is 5.10. The summed E-state index contributed by atoms with van der Waals surface area (Å²) in [6.45, 7) is 3.47. The molecule has 2 aromatic carbocycles. The van der Waals surface area contributed by atoms with Gasteiger partial charge in [-0.15, -0.1) is 0 Å². The summed E-state index contributed by atoms with van der Waals surface area (Å²) in [5.41, 5.74) is 1.66. The van der Waals surface area contributed by atoms with Crippen LogP contribution in [0.25, 0.3) is 11.0 Å². The van der Waals surface area contributed by atoms with E-state index in [0.717, 1.165) is 23.4 Å². The summed E-state index contributed by atoms with van der Waals surface area (Å²) in [7, 11) is -3.89. The van der Waals surface area contributed by atoms with E-state index in [-0.39, 0.29) is 10.6 Å². The first-order valence-corrected chi connectivity index (χ1v) is 11.0. The minimum absolute atomic E-state index is 0.236. The van der Waals surface area contributed by atoms with Crippen LogP contribution in [0, 0.1) is 23.0 Å². The van der Waals surface area contributed by atoms with E-state index in [1.165, 1.54) is 28.6 Å². The van der Waals surface area contributed by atoms with E-state index in [1.54, 1.807) is 0 Å². The zero-order chi connectivity index (χ0) is 20.6. The average Bonchev–Trinajstić information content (AvgIpc) is 3.03. The number of aryl methyl sites for hydroxylation is 1. The predicted octanol–water partition coefficient (Wildman–Crippen LogP) is 3.35. The normalized spacial score (nSPS) is 16.3. The Bertz CT molecular complexity index is 1160. The van der Waals surface area contributed by atoms with Crippen molar-refractivity contribution >= 4 is 26.7 Å². The summed E-state index contributed by atoms with van der Waals surface area (Å²) in [5.74, 6) is 1.27. The lowest BCUT2D eigenvalue weighted by Crippen LogP contribution is -2.39. The number of nitro benzene ring substituents is 1. The monoisotopic (exact) mass is 414 g/mol. The van der Waals surface area contributed by atoms with Crippen molar-refractivity contribution in [3.05, 3.63) is 64.5 Å². The van der Waals surface area contributed by atoms with Crippen LogP contribution in [0.5, 0.6) is 0 Å². The molecule has 0 aliphatic carbocycles. The summed E-state index contributed by atoms with van der Waals surface area (Å²) >= 11 is 0. The SMILES string of the molecule is Cc1nc2ccccc2n1CC1CCN(S(=O)(=O)c2ccccc2[N+](=O)[O-])CC1. The summed E-state index contributed by atoms with van der Waals surface area (Å²) in [6, 6.07) is 13.5. The number of benzene rings is 2. The van der Waals surface area contributed by atoms with E-state index >= 15 is 0 Å². The molecule has 8 nitrogen and oxygen atoms in total. The molecule has 29 heavy (non-hydrogen) atoms. The maximum absolute atomic E-state index is 13.0. The van der Waals surface area contributed by atoms with Crippen LogP contribution in [-0.4, -0.2) is 40.3 Å². The van der Waals surface area contributed by atoms with Gasteiger partial charge in [-0.1, -0.05) is 24.3 Å². The molecule has 9 heteroatoms. The second-order valence-electron chi connectivity index (χ2n) is 7.33. The highest BCUT2D eigenvalue weighted by Crippen LogP contribution is 2.30. The Hall–Kier alpha value is -2.78. The van der Waals surface area contributed by atoms with Crippen LogP contribution in [0.2, 0.25) is 0 Å². The van der Waals surface area contributed by atoms with Gasteiger partial charge in [0.25, 0.3) is 5.69 Å². The highest BCUT2D eigenvalue weighted by molar-refractivity contribution is 7.89. The van der Waals surface area contributed by atoms with Crippen LogP contribution in [0.4, 0.5) is 5.69 Å². The van der Waals surface area contributed by atoms with Crippen LogP contribution < -0.4 is 0 Å². The minimum atomic E-state index is -3.89. The molecule has 152 valence electrons. The Morgan fingerprint density at radius 3 is 2.48 bits per heavy atom. The second-order valence-corrected chi connectivity index (χ2v) is 9.24. The number of sulfonamides is 1. The zero-order valence-corrected chi connectivity index (χ0v) is 16.9. The molecule has 4 rings (SSSR count). The number of nitrogens with zero attached hydrogens (tertiary/aromatic N) is 4. The number of hydrogen-bond donors (Lipinski definition) is 0. The lowest BCUT2D eigenvalue weighted by Gasteiger charge is -2.31. The van der Waals surface area contributed by atoms with Crippen molar-refractivity contribution in [3.8, 4) is 0 Å². The third-order valence-corrected chi connectivity index (χ3v) is 7.49. The van der Waals surface area contributed by atoms with Crippen molar-refractivity contribution in [3.63, 3.8) is 0 Å². The second kappa shape index (κ2) is 7.57. The largest absolute Gasteiger partial charge is 0.328 e. The lowest BCUT2D eigenvalue weighted by molar-refractivity contribution is -0.387. The van der Waals surface area contributed by atoms with Gasteiger partial charge in [0.05, 0.1) is 16.0 Å². The third-order valence-electron chi connectivity index (χ3n) is 5.54. The smallest absolute Gasteiger partial charge is 0.289 e. The Morgan fingerprint density at radius 2 is 1.76 bits per heavy atom. The first kappa shape index (κ1) is 19.5. The molecule has 0 radical (unpaired) electrons. The van der Waals surface area contributed by atoms with Gasteiger partial charge in [0.1, 0.15) is 5.82 Å². The van der Waals surface area contributed by atoms with Crippen molar-refractivity contribution in [1.29, 1.82) is 0 Å². The standard InChI is InChI=1S/C20H22N4O4S/c1-15-21-17-6-2-3-7-18(17)23(15)14-16-10-12-22(13-11-16)29(27,28)20-9-5-4-8-19(20)24(25)26/h2-9,16H,10-14H2,1H3.